The van der Waals surface area contributed by atoms with Crippen molar-refractivity contribution in [2.45, 2.75) is 105 Å². The van der Waals surface area contributed by atoms with Crippen molar-refractivity contribution in [3.63, 3.8) is 0 Å². The van der Waals surface area contributed by atoms with Crippen molar-refractivity contribution >= 4 is 0 Å². The number of phenols is 2. The van der Waals surface area contributed by atoms with E-state index < -0.39 is 0 Å². The number of aromatic hydroxyl groups is 2. The van der Waals surface area contributed by atoms with Crippen LogP contribution in [0.15, 0.2) is 24.3 Å². The van der Waals surface area contributed by atoms with Gasteiger partial charge in [0.25, 0.3) is 0 Å². The summed E-state index contributed by atoms with van der Waals surface area (Å²) in [6.45, 7) is 8.67. The van der Waals surface area contributed by atoms with Crippen LogP contribution in [-0.2, 0) is 25.7 Å². The van der Waals surface area contributed by atoms with E-state index in [1.165, 1.54) is 0 Å². The minimum absolute atomic E-state index is 0.437. The van der Waals surface area contributed by atoms with Crippen molar-refractivity contribution in [2.24, 2.45) is 0 Å². The van der Waals surface area contributed by atoms with E-state index in [0.29, 0.717) is 11.5 Å². The standard InChI is InChI=1S/C28H42O3/c1-5-9-13-21-17-25(18-22(27(21)29)14-10-6-2)31-26-19-23(15-11-7-3)28(30)24(20-26)16-12-8-4/h17-20,29-30H,5-16H2,1-4H3. The molecule has 0 radical (unpaired) electrons. The van der Waals surface area contributed by atoms with Gasteiger partial charge in [0.05, 0.1) is 0 Å². The number of rotatable bonds is 14. The van der Waals surface area contributed by atoms with Gasteiger partial charge in [-0.3, -0.25) is 0 Å². The first-order valence-corrected chi connectivity index (χ1v) is 12.4. The summed E-state index contributed by atoms with van der Waals surface area (Å²) < 4.78 is 6.35. The molecule has 2 aromatic rings. The monoisotopic (exact) mass is 426 g/mol. The highest BCUT2D eigenvalue weighted by Gasteiger charge is 2.14. The van der Waals surface area contributed by atoms with Crippen LogP contribution in [0.5, 0.6) is 23.0 Å². The van der Waals surface area contributed by atoms with Gasteiger partial charge in [-0.25, -0.2) is 0 Å². The minimum Gasteiger partial charge on any atom is -0.507 e. The molecule has 0 saturated carbocycles. The lowest BCUT2D eigenvalue weighted by molar-refractivity contribution is 0.442. The second-order valence-corrected chi connectivity index (χ2v) is 8.70. The zero-order chi connectivity index (χ0) is 22.6. The number of aryl methyl sites for hydroxylation is 4. The smallest absolute Gasteiger partial charge is 0.128 e. The molecule has 0 atom stereocenters. The summed E-state index contributed by atoms with van der Waals surface area (Å²) >= 11 is 0. The molecule has 0 aliphatic heterocycles. The summed E-state index contributed by atoms with van der Waals surface area (Å²) in [4.78, 5) is 0. The second kappa shape index (κ2) is 13.3. The summed E-state index contributed by atoms with van der Waals surface area (Å²) in [5.41, 5.74) is 3.89. The molecule has 0 unspecified atom stereocenters. The fourth-order valence-electron chi connectivity index (χ4n) is 3.94. The molecular formula is C28H42O3. The highest BCUT2D eigenvalue weighted by molar-refractivity contribution is 5.51. The fourth-order valence-corrected chi connectivity index (χ4v) is 3.94. The summed E-state index contributed by atoms with van der Waals surface area (Å²) in [6, 6.07) is 7.96. The zero-order valence-electron chi connectivity index (χ0n) is 20.1. The maximum Gasteiger partial charge on any atom is 0.128 e. The van der Waals surface area contributed by atoms with Crippen LogP contribution in [0.1, 0.15) is 101 Å². The van der Waals surface area contributed by atoms with Gasteiger partial charge in [-0.1, -0.05) is 53.4 Å². The van der Waals surface area contributed by atoms with E-state index in [2.05, 4.69) is 27.7 Å². The van der Waals surface area contributed by atoms with Gasteiger partial charge in [0.15, 0.2) is 0 Å². The van der Waals surface area contributed by atoms with Gasteiger partial charge < -0.3 is 14.9 Å². The molecule has 3 heteroatoms. The van der Waals surface area contributed by atoms with Gasteiger partial charge in [0.2, 0.25) is 0 Å². The van der Waals surface area contributed by atoms with E-state index in [1.54, 1.807) is 0 Å². The van der Waals surface area contributed by atoms with Gasteiger partial charge in [-0.05, 0) is 97.9 Å². The largest absolute Gasteiger partial charge is 0.507 e. The van der Waals surface area contributed by atoms with Gasteiger partial charge in [-0.15, -0.1) is 0 Å². The van der Waals surface area contributed by atoms with E-state index in [9.17, 15) is 10.2 Å². The normalized spacial score (nSPS) is 11.1. The third kappa shape index (κ3) is 7.48. The molecule has 0 fully saturated rings. The molecule has 3 nitrogen and oxygen atoms in total. The Morgan fingerprint density at radius 2 is 0.774 bits per heavy atom. The Hall–Kier alpha value is -2.16. The molecule has 0 amide bonds. The number of unbranched alkanes of at least 4 members (excludes halogenated alkanes) is 4. The molecular weight excluding hydrogens is 384 g/mol. The Kier molecular flexibility index (Phi) is 10.8. The summed E-state index contributed by atoms with van der Waals surface area (Å²) in [7, 11) is 0. The minimum atomic E-state index is 0.437. The van der Waals surface area contributed by atoms with Crippen LogP contribution in [0.2, 0.25) is 0 Å². The average Bonchev–Trinajstić information content (AvgIpc) is 2.77. The van der Waals surface area contributed by atoms with Crippen LogP contribution >= 0.6 is 0 Å². The molecule has 0 aliphatic rings. The summed E-state index contributed by atoms with van der Waals surface area (Å²) in [5.74, 6) is 2.44. The first-order valence-electron chi connectivity index (χ1n) is 12.4. The fraction of sp³-hybridized carbons (Fsp3) is 0.571. The third-order valence-corrected chi connectivity index (χ3v) is 5.92. The Morgan fingerprint density at radius 3 is 1.00 bits per heavy atom. The highest BCUT2D eigenvalue weighted by Crippen LogP contribution is 2.36. The molecule has 0 aromatic heterocycles. The maximum absolute atomic E-state index is 10.8. The Balaban J connectivity index is 2.39. The van der Waals surface area contributed by atoms with Crippen LogP contribution in [0.25, 0.3) is 0 Å². The number of ether oxygens (including phenoxy) is 1. The molecule has 31 heavy (non-hydrogen) atoms. The van der Waals surface area contributed by atoms with E-state index >= 15 is 0 Å². The van der Waals surface area contributed by atoms with Crippen LogP contribution < -0.4 is 4.74 Å². The third-order valence-electron chi connectivity index (χ3n) is 5.92. The molecule has 172 valence electrons. The van der Waals surface area contributed by atoms with Crippen molar-refractivity contribution in [2.75, 3.05) is 0 Å². The average molecular weight is 427 g/mol. The van der Waals surface area contributed by atoms with E-state index in [-0.39, 0.29) is 0 Å². The van der Waals surface area contributed by atoms with Crippen LogP contribution in [0.4, 0.5) is 0 Å². The molecule has 2 N–H and O–H groups in total. The van der Waals surface area contributed by atoms with Gasteiger partial charge in [-0.2, -0.15) is 0 Å². The SMILES string of the molecule is CCCCc1cc(Oc2cc(CCCC)c(O)c(CCCC)c2)cc(CCCC)c1O. The van der Waals surface area contributed by atoms with Crippen LogP contribution in [-0.4, -0.2) is 10.2 Å². The summed E-state index contributed by atoms with van der Waals surface area (Å²) in [6.07, 6.45) is 12.0. The Labute approximate surface area is 189 Å². The predicted octanol–water partition coefficient (Wildman–Crippen LogP) is 8.26. The molecule has 2 rings (SSSR count). The number of hydrogen-bond donors (Lipinski definition) is 2. The molecule has 0 bridgehead atoms. The molecule has 2 aromatic carbocycles. The first-order chi connectivity index (χ1) is 15.0. The van der Waals surface area contributed by atoms with Gasteiger partial charge in [0, 0.05) is 0 Å². The van der Waals surface area contributed by atoms with Crippen molar-refractivity contribution in [3.8, 4) is 23.0 Å². The lowest BCUT2D eigenvalue weighted by atomic mass is 9.99. The van der Waals surface area contributed by atoms with E-state index in [0.717, 1.165) is 111 Å². The van der Waals surface area contributed by atoms with Crippen molar-refractivity contribution < 1.29 is 14.9 Å². The number of hydrogen-bond acceptors (Lipinski definition) is 3. The predicted molar refractivity (Wildman–Crippen MR) is 131 cm³/mol. The quantitative estimate of drug-likeness (QED) is 0.319. The molecule has 0 aliphatic carbocycles. The van der Waals surface area contributed by atoms with Crippen molar-refractivity contribution in [1.29, 1.82) is 0 Å². The van der Waals surface area contributed by atoms with Gasteiger partial charge >= 0.3 is 0 Å². The van der Waals surface area contributed by atoms with E-state index in [1.807, 2.05) is 24.3 Å². The van der Waals surface area contributed by atoms with Crippen LogP contribution in [0.3, 0.4) is 0 Å². The van der Waals surface area contributed by atoms with Crippen LogP contribution in [0, 0.1) is 0 Å². The molecule has 0 spiro atoms. The molecule has 0 heterocycles. The lowest BCUT2D eigenvalue weighted by Crippen LogP contribution is -1.98. The number of benzene rings is 2. The van der Waals surface area contributed by atoms with Crippen molar-refractivity contribution in [1.82, 2.24) is 0 Å². The Morgan fingerprint density at radius 1 is 0.516 bits per heavy atom. The number of phenolic OH excluding ortho intramolecular Hbond substituents is 2. The van der Waals surface area contributed by atoms with Gasteiger partial charge in [0.1, 0.15) is 23.0 Å². The Bertz CT molecular complexity index is 684. The van der Waals surface area contributed by atoms with E-state index in [4.69, 9.17) is 4.74 Å². The second-order valence-electron chi connectivity index (χ2n) is 8.70. The topological polar surface area (TPSA) is 49.7 Å². The first kappa shape index (κ1) is 25.1. The molecule has 0 saturated heterocycles. The lowest BCUT2D eigenvalue weighted by Gasteiger charge is -2.16. The maximum atomic E-state index is 10.8. The highest BCUT2D eigenvalue weighted by atomic mass is 16.5. The summed E-state index contributed by atoms with van der Waals surface area (Å²) in [5, 5.41) is 21.5. The van der Waals surface area contributed by atoms with Crippen molar-refractivity contribution in [3.05, 3.63) is 46.5 Å². The zero-order valence-corrected chi connectivity index (χ0v) is 20.1.